The average molecular weight is 513 g/mol. The zero-order chi connectivity index (χ0) is 25.2. The molecule has 0 aliphatic rings. The third-order valence-electron chi connectivity index (χ3n) is 5.32. The molecule has 11 heteroatoms. The second-order valence-corrected chi connectivity index (χ2v) is 9.82. The van der Waals surface area contributed by atoms with Gasteiger partial charge in [0.15, 0.2) is 0 Å². The lowest BCUT2D eigenvalue weighted by Gasteiger charge is -2.13. The van der Waals surface area contributed by atoms with Gasteiger partial charge in [-0.3, -0.25) is 23.9 Å². The first-order valence-electron chi connectivity index (χ1n) is 10.6. The van der Waals surface area contributed by atoms with E-state index in [-0.39, 0.29) is 28.8 Å². The van der Waals surface area contributed by atoms with Crippen molar-refractivity contribution in [1.29, 1.82) is 0 Å². The molecule has 0 aliphatic heterocycles. The zero-order valence-corrected chi connectivity index (χ0v) is 20.1. The van der Waals surface area contributed by atoms with Gasteiger partial charge in [0.05, 0.1) is 15.9 Å². The van der Waals surface area contributed by atoms with Gasteiger partial charge in [-0.25, -0.2) is 13.2 Å². The topological polar surface area (TPSA) is 130 Å². The largest absolute Gasteiger partial charge is 0.328 e. The second-order valence-electron chi connectivity index (χ2n) is 7.79. The molecule has 180 valence electrons. The maximum absolute atomic E-state index is 12.8. The SMILES string of the molecule is Cc1cccc(Cl)c1S(=O)(=O)Nc1ccc(NC(=O)CCn2c(=O)[nH]c(=O)c3ccccc32)cc1. The number of amides is 1. The van der Waals surface area contributed by atoms with Gasteiger partial charge >= 0.3 is 5.69 Å². The molecule has 0 radical (unpaired) electrons. The van der Waals surface area contributed by atoms with Crippen molar-refractivity contribution in [3.63, 3.8) is 0 Å². The van der Waals surface area contributed by atoms with E-state index in [9.17, 15) is 22.8 Å². The van der Waals surface area contributed by atoms with Crippen LogP contribution in [-0.4, -0.2) is 23.9 Å². The van der Waals surface area contributed by atoms with E-state index in [4.69, 9.17) is 11.6 Å². The van der Waals surface area contributed by atoms with Crippen LogP contribution >= 0.6 is 11.6 Å². The van der Waals surface area contributed by atoms with Crippen LogP contribution in [0.5, 0.6) is 0 Å². The molecule has 0 spiro atoms. The molecular weight excluding hydrogens is 492 g/mol. The van der Waals surface area contributed by atoms with Crippen molar-refractivity contribution in [1.82, 2.24) is 9.55 Å². The van der Waals surface area contributed by atoms with Crippen LogP contribution in [0.3, 0.4) is 0 Å². The summed E-state index contributed by atoms with van der Waals surface area (Å²) < 4.78 is 29.3. The predicted molar refractivity (Wildman–Crippen MR) is 136 cm³/mol. The highest BCUT2D eigenvalue weighted by molar-refractivity contribution is 7.92. The number of nitrogens with one attached hydrogen (secondary N) is 3. The maximum atomic E-state index is 12.8. The van der Waals surface area contributed by atoms with Gasteiger partial charge in [-0.1, -0.05) is 35.9 Å². The van der Waals surface area contributed by atoms with E-state index in [0.29, 0.717) is 27.8 Å². The Morgan fingerprint density at radius 2 is 1.66 bits per heavy atom. The number of hydrogen-bond donors (Lipinski definition) is 3. The fraction of sp³-hybridized carbons (Fsp3) is 0.125. The van der Waals surface area contributed by atoms with Crippen molar-refractivity contribution in [3.05, 3.63) is 98.2 Å². The van der Waals surface area contributed by atoms with Crippen LogP contribution in [-0.2, 0) is 21.4 Å². The summed E-state index contributed by atoms with van der Waals surface area (Å²) in [7, 11) is -3.90. The lowest BCUT2D eigenvalue weighted by Crippen LogP contribution is -2.31. The Bertz CT molecular complexity index is 1620. The van der Waals surface area contributed by atoms with Crippen molar-refractivity contribution in [2.45, 2.75) is 24.8 Å². The van der Waals surface area contributed by atoms with Crippen LogP contribution in [0.15, 0.2) is 81.2 Å². The van der Waals surface area contributed by atoms with Gasteiger partial charge < -0.3 is 5.32 Å². The van der Waals surface area contributed by atoms with Crippen LogP contribution in [0.1, 0.15) is 12.0 Å². The quantitative estimate of drug-likeness (QED) is 0.349. The number of halogens is 1. The molecule has 0 saturated carbocycles. The summed E-state index contributed by atoms with van der Waals surface area (Å²) in [6.45, 7) is 1.72. The molecule has 1 heterocycles. The minimum atomic E-state index is -3.90. The van der Waals surface area contributed by atoms with Gasteiger partial charge in [0.25, 0.3) is 15.6 Å². The summed E-state index contributed by atoms with van der Waals surface area (Å²) in [5.74, 6) is -0.354. The average Bonchev–Trinajstić information content (AvgIpc) is 2.80. The number of para-hydroxylation sites is 1. The monoisotopic (exact) mass is 512 g/mol. The van der Waals surface area contributed by atoms with Crippen molar-refractivity contribution in [3.8, 4) is 0 Å². The number of sulfonamides is 1. The molecule has 3 aromatic carbocycles. The molecule has 35 heavy (non-hydrogen) atoms. The third kappa shape index (κ3) is 5.28. The van der Waals surface area contributed by atoms with E-state index in [2.05, 4.69) is 15.0 Å². The smallest absolute Gasteiger partial charge is 0.326 e. The Balaban J connectivity index is 1.43. The fourth-order valence-corrected chi connectivity index (χ4v) is 5.58. The van der Waals surface area contributed by atoms with Crippen molar-refractivity contribution >= 4 is 49.8 Å². The van der Waals surface area contributed by atoms with E-state index in [1.165, 1.54) is 22.8 Å². The van der Waals surface area contributed by atoms with Gasteiger partial charge in [-0.2, -0.15) is 0 Å². The highest BCUT2D eigenvalue weighted by Crippen LogP contribution is 2.27. The Labute approximate surface area is 205 Å². The number of nitrogens with zero attached hydrogens (tertiary/aromatic N) is 1. The molecule has 4 rings (SSSR count). The van der Waals surface area contributed by atoms with Crippen molar-refractivity contribution in [2.75, 3.05) is 10.0 Å². The lowest BCUT2D eigenvalue weighted by molar-refractivity contribution is -0.116. The Morgan fingerprint density at radius 1 is 0.971 bits per heavy atom. The standard InChI is InChI=1S/C24H21ClN4O5S/c1-15-5-4-7-19(25)22(15)35(33,34)28-17-11-9-16(10-12-17)26-21(30)13-14-29-20-8-3-2-6-18(20)23(31)27-24(29)32/h2-12,28H,13-14H2,1H3,(H,26,30)(H,27,31,32). The lowest BCUT2D eigenvalue weighted by atomic mass is 10.2. The highest BCUT2D eigenvalue weighted by Gasteiger charge is 2.20. The summed E-state index contributed by atoms with van der Waals surface area (Å²) in [5, 5.41) is 3.19. The van der Waals surface area contributed by atoms with E-state index in [1.54, 1.807) is 55.5 Å². The highest BCUT2D eigenvalue weighted by atomic mass is 35.5. The fourth-order valence-electron chi connectivity index (χ4n) is 3.69. The zero-order valence-electron chi connectivity index (χ0n) is 18.5. The second kappa shape index (κ2) is 9.77. The van der Waals surface area contributed by atoms with Gasteiger partial charge in [0.1, 0.15) is 4.90 Å². The van der Waals surface area contributed by atoms with E-state index in [1.807, 2.05) is 0 Å². The minimum absolute atomic E-state index is 0.00377. The number of aromatic amines is 1. The number of aryl methyl sites for hydroxylation is 2. The van der Waals surface area contributed by atoms with E-state index >= 15 is 0 Å². The summed E-state index contributed by atoms with van der Waals surface area (Å²) in [6.07, 6.45) is -0.0177. The first-order chi connectivity index (χ1) is 16.7. The number of aromatic nitrogens is 2. The molecule has 1 amide bonds. The normalized spacial score (nSPS) is 11.4. The number of rotatable bonds is 7. The van der Waals surface area contributed by atoms with Crippen LogP contribution in [0.2, 0.25) is 5.02 Å². The number of fused-ring (bicyclic) bond motifs is 1. The molecular formula is C24H21ClN4O5S. The molecule has 0 fully saturated rings. The van der Waals surface area contributed by atoms with Gasteiger partial charge in [0, 0.05) is 24.3 Å². The summed E-state index contributed by atoms with van der Waals surface area (Å²) in [6, 6.07) is 17.6. The molecule has 0 aliphatic carbocycles. The predicted octanol–water partition coefficient (Wildman–Crippen LogP) is 3.48. The van der Waals surface area contributed by atoms with Crippen LogP contribution in [0, 0.1) is 6.92 Å². The Hall–Kier alpha value is -3.89. The number of H-pyrrole nitrogens is 1. The summed E-state index contributed by atoms with van der Waals surface area (Å²) in [4.78, 5) is 38.9. The Kier molecular flexibility index (Phi) is 6.77. The van der Waals surface area contributed by atoms with Gasteiger partial charge in [-0.05, 0) is 55.0 Å². The minimum Gasteiger partial charge on any atom is -0.326 e. The molecule has 0 bridgehead atoms. The van der Waals surface area contributed by atoms with Crippen LogP contribution < -0.4 is 21.3 Å². The van der Waals surface area contributed by atoms with Gasteiger partial charge in [0.2, 0.25) is 5.91 Å². The number of hydrogen-bond acceptors (Lipinski definition) is 5. The van der Waals surface area contributed by atoms with E-state index in [0.717, 1.165) is 0 Å². The van der Waals surface area contributed by atoms with Crippen molar-refractivity contribution < 1.29 is 13.2 Å². The third-order valence-corrected chi connectivity index (χ3v) is 7.33. The first kappa shape index (κ1) is 24.2. The van der Waals surface area contributed by atoms with Crippen LogP contribution in [0.25, 0.3) is 10.9 Å². The Morgan fingerprint density at radius 3 is 2.37 bits per heavy atom. The summed E-state index contributed by atoms with van der Waals surface area (Å²) in [5.41, 5.74) is 0.639. The molecule has 0 saturated heterocycles. The summed E-state index contributed by atoms with van der Waals surface area (Å²) >= 11 is 6.08. The number of benzene rings is 3. The molecule has 3 N–H and O–H groups in total. The number of anilines is 2. The molecule has 1 aromatic heterocycles. The molecule has 0 atom stereocenters. The van der Waals surface area contributed by atoms with E-state index < -0.39 is 21.3 Å². The first-order valence-corrected chi connectivity index (χ1v) is 12.4. The molecule has 9 nitrogen and oxygen atoms in total. The molecule has 4 aromatic rings. The molecule has 0 unspecified atom stereocenters. The number of carbonyl (C=O) groups is 1. The van der Waals surface area contributed by atoms with Gasteiger partial charge in [-0.15, -0.1) is 0 Å². The maximum Gasteiger partial charge on any atom is 0.328 e. The number of carbonyl (C=O) groups excluding carboxylic acids is 1. The van der Waals surface area contributed by atoms with Crippen LogP contribution in [0.4, 0.5) is 11.4 Å². The van der Waals surface area contributed by atoms with Crippen molar-refractivity contribution in [2.24, 2.45) is 0 Å².